The van der Waals surface area contributed by atoms with Crippen LogP contribution in [0.3, 0.4) is 0 Å². The van der Waals surface area contributed by atoms with Crippen LogP contribution in [-0.2, 0) is 19.4 Å². The first-order valence-corrected chi connectivity index (χ1v) is 15.0. The Morgan fingerprint density at radius 1 is 1.12 bits per heavy atom. The van der Waals surface area contributed by atoms with E-state index >= 15 is 0 Å². The quantitative estimate of drug-likeness (QED) is 0.391. The first-order chi connectivity index (χ1) is 19.0. The molecule has 0 spiro atoms. The minimum atomic E-state index is -3.75. The molecule has 2 aromatic carbocycles. The third kappa shape index (κ3) is 7.29. The van der Waals surface area contributed by atoms with Crippen molar-refractivity contribution in [3.8, 4) is 11.5 Å². The van der Waals surface area contributed by atoms with Gasteiger partial charge in [0.1, 0.15) is 23.4 Å². The van der Waals surface area contributed by atoms with Crippen LogP contribution in [0.25, 0.3) is 0 Å². The summed E-state index contributed by atoms with van der Waals surface area (Å²) in [5.41, 5.74) is 0.833. The minimum Gasteiger partial charge on any atom is -0.497 e. The third-order valence-corrected chi connectivity index (χ3v) is 9.12. The maximum absolute atomic E-state index is 13.3. The van der Waals surface area contributed by atoms with Crippen LogP contribution < -0.4 is 20.1 Å². The number of nitrogens with one attached hydrogen (secondary N) is 2. The van der Waals surface area contributed by atoms with E-state index in [1.54, 1.807) is 14.2 Å². The van der Waals surface area contributed by atoms with Crippen molar-refractivity contribution in [1.82, 2.24) is 15.5 Å². The Hall–Kier alpha value is -3.22. The molecule has 2 aliphatic rings. The fraction of sp³-hybridized carbons (Fsp3) is 0.500. The Labute approximate surface area is 234 Å². The van der Waals surface area contributed by atoms with E-state index < -0.39 is 39.3 Å². The van der Waals surface area contributed by atoms with E-state index in [2.05, 4.69) is 10.6 Å². The molecule has 1 heterocycles. The van der Waals surface area contributed by atoms with Crippen LogP contribution in [0.1, 0.15) is 35.2 Å². The molecule has 1 saturated carbocycles. The lowest BCUT2D eigenvalue weighted by molar-refractivity contribution is -0.136. The molecular weight excluding hydrogens is 541 g/mol. The molecule has 4 rings (SSSR count). The second-order valence-electron chi connectivity index (χ2n) is 10.3. The summed E-state index contributed by atoms with van der Waals surface area (Å²) < 4.78 is 55.7. The van der Waals surface area contributed by atoms with Gasteiger partial charge in [-0.2, -0.15) is 0 Å². The minimum absolute atomic E-state index is 0.127. The first kappa shape index (κ1) is 29.8. The molecule has 1 aliphatic heterocycles. The maximum atomic E-state index is 13.3. The van der Waals surface area contributed by atoms with Crippen LogP contribution in [-0.4, -0.2) is 95.3 Å². The van der Waals surface area contributed by atoms with Gasteiger partial charge >= 0.3 is 0 Å². The van der Waals surface area contributed by atoms with Gasteiger partial charge in [0.05, 0.1) is 38.9 Å². The number of carbonyl (C=O) groups excluding carboxylic acids is 2. The highest BCUT2D eigenvalue weighted by Crippen LogP contribution is 2.53. The topological polar surface area (TPSA) is 123 Å². The maximum Gasteiger partial charge on any atom is 0.251 e. The molecule has 0 aromatic heterocycles. The van der Waals surface area contributed by atoms with E-state index in [4.69, 9.17) is 14.2 Å². The summed E-state index contributed by atoms with van der Waals surface area (Å²) >= 11 is 0. The highest BCUT2D eigenvalue weighted by Gasteiger charge is 2.51. The Kier molecular flexibility index (Phi) is 9.32. The van der Waals surface area contributed by atoms with Crippen molar-refractivity contribution in [3.05, 3.63) is 59.4 Å². The van der Waals surface area contributed by atoms with E-state index in [1.165, 1.54) is 17.0 Å². The van der Waals surface area contributed by atoms with Crippen LogP contribution in [0.4, 0.5) is 4.39 Å². The predicted molar refractivity (Wildman–Crippen MR) is 147 cm³/mol. The number of ether oxygens (including phenoxy) is 3. The lowest BCUT2D eigenvalue weighted by atomic mass is 10.1. The lowest BCUT2D eigenvalue weighted by Crippen LogP contribution is -2.54. The number of benzene rings is 2. The molecule has 218 valence electrons. The molecule has 2 aromatic rings. The Bertz CT molecular complexity index is 1320. The van der Waals surface area contributed by atoms with Crippen molar-refractivity contribution in [1.29, 1.82) is 0 Å². The molecule has 40 heavy (non-hydrogen) atoms. The van der Waals surface area contributed by atoms with Crippen molar-refractivity contribution in [2.75, 3.05) is 58.6 Å². The normalized spacial score (nSPS) is 21.4. The molecular formula is C28H36FN3O7S. The molecule has 0 bridgehead atoms. The number of hydrogen-bond donors (Lipinski definition) is 2. The van der Waals surface area contributed by atoms with Gasteiger partial charge in [-0.05, 0) is 49.2 Å². The fourth-order valence-electron chi connectivity index (χ4n) is 4.97. The van der Waals surface area contributed by atoms with E-state index in [-0.39, 0.29) is 29.3 Å². The van der Waals surface area contributed by atoms with Gasteiger partial charge in [-0.15, -0.1) is 0 Å². The summed E-state index contributed by atoms with van der Waals surface area (Å²) in [5, 5.41) is 5.91. The molecule has 1 saturated heterocycles. The number of nitrogens with zero attached hydrogens (tertiary/aromatic N) is 1. The average Bonchev–Trinajstić information content (AvgIpc) is 3.62. The monoisotopic (exact) mass is 577 g/mol. The number of hydrogen-bond acceptors (Lipinski definition) is 8. The van der Waals surface area contributed by atoms with Crippen LogP contribution in [0, 0.1) is 5.82 Å². The Balaban J connectivity index is 1.39. The van der Waals surface area contributed by atoms with Crippen molar-refractivity contribution in [2.24, 2.45) is 0 Å². The fourth-order valence-corrected chi connectivity index (χ4v) is 6.28. The second kappa shape index (κ2) is 12.5. The van der Waals surface area contributed by atoms with E-state index in [0.29, 0.717) is 37.8 Å². The van der Waals surface area contributed by atoms with Gasteiger partial charge in [-0.1, -0.05) is 6.07 Å². The van der Waals surface area contributed by atoms with Gasteiger partial charge in [0, 0.05) is 42.7 Å². The summed E-state index contributed by atoms with van der Waals surface area (Å²) in [6, 6.07) is 9.18. The van der Waals surface area contributed by atoms with E-state index in [1.807, 2.05) is 25.1 Å². The number of morpholine rings is 1. The van der Waals surface area contributed by atoms with Crippen molar-refractivity contribution < 1.29 is 36.6 Å². The molecule has 1 unspecified atom stereocenters. The number of halogens is 1. The molecule has 12 heteroatoms. The number of methoxy groups -OCH3 is 2. The largest absolute Gasteiger partial charge is 0.497 e. The molecule has 0 radical (unpaired) electrons. The standard InChI is InChI=1S/C28H36FN3O7S/c1-28(17-23(28)22-9-8-21(37-2)16-25(22)38-3)30-10-15-40(35,36)18-24(27(34)32-11-13-39-14-12-32)31-26(33)19-4-6-20(29)7-5-19/h4-9,16,23-24,30H,10-15,17-18H2,1-3H3,(H,31,33)/t23-,24+,28?/m0/s1. The summed E-state index contributed by atoms with van der Waals surface area (Å²) in [6.45, 7) is 3.48. The molecule has 2 fully saturated rings. The van der Waals surface area contributed by atoms with Crippen molar-refractivity contribution in [3.63, 3.8) is 0 Å². The van der Waals surface area contributed by atoms with Gasteiger partial charge in [0.25, 0.3) is 5.91 Å². The SMILES string of the molecule is COc1ccc([C@@H]2CC2(C)NCCS(=O)(=O)C[C@@H](NC(=O)c2ccc(F)cc2)C(=O)N2CCOCC2)c(OC)c1. The zero-order valence-corrected chi connectivity index (χ0v) is 23.8. The summed E-state index contributed by atoms with van der Waals surface area (Å²) in [7, 11) is -0.568. The predicted octanol–water partition coefficient (Wildman–Crippen LogP) is 1.75. The third-order valence-electron chi connectivity index (χ3n) is 7.45. The summed E-state index contributed by atoms with van der Waals surface area (Å²) in [6.07, 6.45) is 0.807. The second-order valence-corrected chi connectivity index (χ2v) is 12.5. The lowest BCUT2D eigenvalue weighted by Gasteiger charge is -2.30. The number of sulfone groups is 1. The number of rotatable bonds is 12. The number of amides is 2. The molecule has 2 N–H and O–H groups in total. The molecule has 2 amide bonds. The average molecular weight is 578 g/mol. The van der Waals surface area contributed by atoms with E-state index in [9.17, 15) is 22.4 Å². The van der Waals surface area contributed by atoms with Gasteiger partial charge in [-0.25, -0.2) is 12.8 Å². The highest BCUT2D eigenvalue weighted by molar-refractivity contribution is 7.91. The molecule has 3 atom stereocenters. The van der Waals surface area contributed by atoms with Gasteiger partial charge in [0.15, 0.2) is 9.84 Å². The Morgan fingerprint density at radius 2 is 1.82 bits per heavy atom. The zero-order chi connectivity index (χ0) is 28.9. The van der Waals surface area contributed by atoms with Crippen LogP contribution in [0.2, 0.25) is 0 Å². The smallest absolute Gasteiger partial charge is 0.251 e. The Morgan fingerprint density at radius 3 is 2.48 bits per heavy atom. The summed E-state index contributed by atoms with van der Waals surface area (Å²) in [4.78, 5) is 27.5. The van der Waals surface area contributed by atoms with Gasteiger partial charge in [0.2, 0.25) is 5.91 Å². The highest BCUT2D eigenvalue weighted by atomic mass is 32.2. The van der Waals surface area contributed by atoms with Crippen LogP contribution in [0.15, 0.2) is 42.5 Å². The first-order valence-electron chi connectivity index (χ1n) is 13.2. The van der Waals surface area contributed by atoms with Crippen molar-refractivity contribution in [2.45, 2.75) is 30.8 Å². The summed E-state index contributed by atoms with van der Waals surface area (Å²) in [5.74, 6) is -0.874. The van der Waals surface area contributed by atoms with Crippen LogP contribution >= 0.6 is 0 Å². The van der Waals surface area contributed by atoms with E-state index in [0.717, 1.165) is 24.1 Å². The van der Waals surface area contributed by atoms with Crippen LogP contribution in [0.5, 0.6) is 11.5 Å². The zero-order valence-electron chi connectivity index (χ0n) is 22.9. The molecule has 10 nitrogen and oxygen atoms in total. The van der Waals surface area contributed by atoms with Gasteiger partial charge < -0.3 is 29.7 Å². The van der Waals surface area contributed by atoms with Crippen molar-refractivity contribution >= 4 is 21.7 Å². The van der Waals surface area contributed by atoms with Gasteiger partial charge in [-0.3, -0.25) is 9.59 Å². The molecule has 1 aliphatic carbocycles. The number of carbonyl (C=O) groups is 2.